The van der Waals surface area contributed by atoms with Gasteiger partial charge in [-0.05, 0) is 43.4 Å². The van der Waals surface area contributed by atoms with Gasteiger partial charge < -0.3 is 10.2 Å². The monoisotopic (exact) mass is 499 g/mol. The van der Waals surface area contributed by atoms with Crippen LogP contribution < -0.4 is 5.32 Å². The Balaban J connectivity index is 1.68. The minimum absolute atomic E-state index is 0.000503. The van der Waals surface area contributed by atoms with E-state index in [1.807, 2.05) is 44.2 Å². The molecule has 1 aliphatic heterocycles. The Morgan fingerprint density at radius 2 is 1.71 bits per heavy atom. The van der Waals surface area contributed by atoms with Gasteiger partial charge in [0.1, 0.15) is 10.9 Å². The molecule has 0 saturated carbocycles. The van der Waals surface area contributed by atoms with Crippen molar-refractivity contribution in [2.75, 3.05) is 19.6 Å². The first kappa shape index (κ1) is 26.4. The van der Waals surface area contributed by atoms with E-state index in [4.69, 9.17) is 0 Å². The molecule has 0 unspecified atom stereocenters. The molecule has 1 N–H and O–H groups in total. The fraction of sp³-hybridized carbons (Fsp3) is 0.423. The van der Waals surface area contributed by atoms with Crippen LogP contribution in [0.25, 0.3) is 0 Å². The number of rotatable bonds is 12. The van der Waals surface area contributed by atoms with Crippen molar-refractivity contribution in [3.05, 3.63) is 65.7 Å². The Labute approximate surface area is 207 Å². The molecule has 0 aromatic heterocycles. The van der Waals surface area contributed by atoms with Gasteiger partial charge in [0.25, 0.3) is 15.9 Å². The molecule has 3 rings (SSSR count). The standard InChI is InChI=1S/C26H33N3O5S/c1-3-17-27-25(31)22(4-2)28(19-16-20-11-6-5-7-12-20)24(30)15-10-18-29-26(32)21-13-8-9-14-23(21)35(29,33)34/h5-9,11-14,22H,3-4,10,15-19H2,1-2H3,(H,27,31)/t22-/m0/s1. The summed E-state index contributed by atoms with van der Waals surface area (Å²) in [6, 6.07) is 15.2. The lowest BCUT2D eigenvalue weighted by molar-refractivity contribution is -0.140. The van der Waals surface area contributed by atoms with Gasteiger partial charge in [-0.25, -0.2) is 12.7 Å². The van der Waals surface area contributed by atoms with Crippen LogP contribution in [0.15, 0.2) is 59.5 Å². The quantitative estimate of drug-likeness (QED) is 0.484. The van der Waals surface area contributed by atoms with Gasteiger partial charge in [-0.3, -0.25) is 14.4 Å². The average molecular weight is 500 g/mol. The van der Waals surface area contributed by atoms with Crippen LogP contribution in [0, 0.1) is 0 Å². The molecule has 188 valence electrons. The summed E-state index contributed by atoms with van der Waals surface area (Å²) in [7, 11) is -3.91. The highest BCUT2D eigenvalue weighted by atomic mass is 32.2. The van der Waals surface area contributed by atoms with Crippen LogP contribution >= 0.6 is 0 Å². The van der Waals surface area contributed by atoms with E-state index < -0.39 is 22.0 Å². The number of nitrogens with zero attached hydrogens (tertiary/aromatic N) is 2. The fourth-order valence-electron chi connectivity index (χ4n) is 4.23. The smallest absolute Gasteiger partial charge is 0.269 e. The van der Waals surface area contributed by atoms with Crippen LogP contribution in [0.3, 0.4) is 0 Å². The number of amides is 3. The average Bonchev–Trinajstić information content (AvgIpc) is 3.06. The molecule has 0 bridgehead atoms. The van der Waals surface area contributed by atoms with Crippen molar-refractivity contribution in [2.24, 2.45) is 0 Å². The normalized spacial score (nSPS) is 14.9. The topological polar surface area (TPSA) is 104 Å². The van der Waals surface area contributed by atoms with Crippen LogP contribution in [0.5, 0.6) is 0 Å². The van der Waals surface area contributed by atoms with E-state index in [0.29, 0.717) is 25.9 Å². The lowest BCUT2D eigenvalue weighted by Crippen LogP contribution is -2.50. The van der Waals surface area contributed by atoms with Gasteiger partial charge in [0.2, 0.25) is 11.8 Å². The lowest BCUT2D eigenvalue weighted by Gasteiger charge is -2.31. The van der Waals surface area contributed by atoms with E-state index >= 15 is 0 Å². The number of sulfonamides is 1. The van der Waals surface area contributed by atoms with Crippen LogP contribution in [-0.2, 0) is 26.0 Å². The number of benzene rings is 2. The van der Waals surface area contributed by atoms with Crippen LogP contribution in [0.2, 0.25) is 0 Å². The molecular formula is C26H33N3O5S. The van der Waals surface area contributed by atoms with Crippen LogP contribution in [-0.4, -0.2) is 61.0 Å². The summed E-state index contributed by atoms with van der Waals surface area (Å²) in [5.74, 6) is -0.996. The number of hydrogen-bond donors (Lipinski definition) is 1. The molecule has 0 aliphatic carbocycles. The Hall–Kier alpha value is -3.20. The summed E-state index contributed by atoms with van der Waals surface area (Å²) in [6.07, 6.45) is 2.05. The molecule has 1 atom stereocenters. The number of hydrogen-bond acceptors (Lipinski definition) is 5. The second-order valence-corrected chi connectivity index (χ2v) is 10.4. The van der Waals surface area contributed by atoms with Gasteiger partial charge in [-0.2, -0.15) is 0 Å². The third-order valence-corrected chi connectivity index (χ3v) is 7.92. The second-order valence-electron chi connectivity index (χ2n) is 8.52. The highest BCUT2D eigenvalue weighted by Crippen LogP contribution is 2.30. The number of nitrogens with one attached hydrogen (secondary N) is 1. The maximum atomic E-state index is 13.3. The molecule has 0 spiro atoms. The fourth-order valence-corrected chi connectivity index (χ4v) is 5.84. The number of fused-ring (bicyclic) bond motifs is 1. The van der Waals surface area contributed by atoms with Gasteiger partial charge >= 0.3 is 0 Å². The summed E-state index contributed by atoms with van der Waals surface area (Å²) in [5, 5.41) is 2.88. The highest BCUT2D eigenvalue weighted by Gasteiger charge is 2.40. The van der Waals surface area contributed by atoms with Crippen molar-refractivity contribution in [3.8, 4) is 0 Å². The van der Waals surface area contributed by atoms with Crippen molar-refractivity contribution in [1.29, 1.82) is 0 Å². The first-order chi connectivity index (χ1) is 16.8. The van der Waals surface area contributed by atoms with E-state index in [2.05, 4.69) is 5.32 Å². The molecule has 0 saturated heterocycles. The maximum absolute atomic E-state index is 13.3. The van der Waals surface area contributed by atoms with Crippen LogP contribution in [0.1, 0.15) is 55.5 Å². The summed E-state index contributed by atoms with van der Waals surface area (Å²) >= 11 is 0. The third-order valence-electron chi connectivity index (χ3n) is 6.08. The molecule has 0 fully saturated rings. The summed E-state index contributed by atoms with van der Waals surface area (Å²) in [5.41, 5.74) is 1.21. The zero-order valence-corrected chi connectivity index (χ0v) is 21.1. The Morgan fingerprint density at radius 1 is 1.03 bits per heavy atom. The zero-order chi connectivity index (χ0) is 25.4. The lowest BCUT2D eigenvalue weighted by atomic mass is 10.1. The van der Waals surface area contributed by atoms with E-state index in [-0.39, 0.29) is 41.7 Å². The molecule has 35 heavy (non-hydrogen) atoms. The minimum atomic E-state index is -3.91. The second kappa shape index (κ2) is 12.0. The third kappa shape index (κ3) is 6.08. The highest BCUT2D eigenvalue weighted by molar-refractivity contribution is 7.90. The van der Waals surface area contributed by atoms with E-state index in [1.165, 1.54) is 12.1 Å². The van der Waals surface area contributed by atoms with Crippen LogP contribution in [0.4, 0.5) is 0 Å². The molecule has 0 radical (unpaired) electrons. The van der Waals surface area contributed by atoms with Crippen molar-refractivity contribution in [2.45, 2.75) is 56.9 Å². The van der Waals surface area contributed by atoms with Gasteiger partial charge in [-0.1, -0.05) is 56.3 Å². The van der Waals surface area contributed by atoms with Crippen molar-refractivity contribution >= 4 is 27.7 Å². The van der Waals surface area contributed by atoms with Gasteiger partial charge in [-0.15, -0.1) is 0 Å². The van der Waals surface area contributed by atoms with Crippen molar-refractivity contribution in [3.63, 3.8) is 0 Å². The molecule has 3 amide bonds. The van der Waals surface area contributed by atoms with Gasteiger partial charge in [0, 0.05) is 26.1 Å². The van der Waals surface area contributed by atoms with Crippen molar-refractivity contribution < 1.29 is 22.8 Å². The first-order valence-electron chi connectivity index (χ1n) is 12.1. The zero-order valence-electron chi connectivity index (χ0n) is 20.3. The minimum Gasteiger partial charge on any atom is -0.354 e. The number of carbonyl (C=O) groups excluding carboxylic acids is 3. The van der Waals surface area contributed by atoms with E-state index in [9.17, 15) is 22.8 Å². The predicted octanol–water partition coefficient (Wildman–Crippen LogP) is 2.99. The molecule has 1 aliphatic rings. The summed E-state index contributed by atoms with van der Waals surface area (Å²) < 4.78 is 26.4. The SMILES string of the molecule is CCCNC(=O)[C@H](CC)N(CCc1ccccc1)C(=O)CCCN1C(=O)c2ccccc2S1(=O)=O. The maximum Gasteiger partial charge on any atom is 0.269 e. The number of carbonyl (C=O) groups is 3. The molecule has 8 nitrogen and oxygen atoms in total. The van der Waals surface area contributed by atoms with Gasteiger partial charge in [0.15, 0.2) is 0 Å². The molecule has 2 aromatic rings. The van der Waals surface area contributed by atoms with Crippen molar-refractivity contribution in [1.82, 2.24) is 14.5 Å². The summed E-state index contributed by atoms with van der Waals surface area (Å²) in [6.45, 7) is 4.64. The molecule has 2 aromatic carbocycles. The van der Waals surface area contributed by atoms with Gasteiger partial charge in [0.05, 0.1) is 5.56 Å². The molecular weight excluding hydrogens is 466 g/mol. The van der Waals surface area contributed by atoms with E-state index in [0.717, 1.165) is 16.3 Å². The Bertz CT molecular complexity index is 1150. The first-order valence-corrected chi connectivity index (χ1v) is 13.5. The largest absolute Gasteiger partial charge is 0.354 e. The summed E-state index contributed by atoms with van der Waals surface area (Å²) in [4.78, 5) is 40.3. The van der Waals surface area contributed by atoms with E-state index in [1.54, 1.807) is 17.0 Å². The Morgan fingerprint density at radius 3 is 2.37 bits per heavy atom. The Kier molecular flexibility index (Phi) is 9.03. The molecule has 1 heterocycles. The molecule has 9 heteroatoms. The predicted molar refractivity (Wildman–Crippen MR) is 133 cm³/mol.